The van der Waals surface area contributed by atoms with E-state index in [4.69, 9.17) is 0 Å². The molecule has 1 N–H and O–H groups in total. The number of aromatic hydroxyl groups is 1. The Hall–Kier alpha value is -2.43. The van der Waals surface area contributed by atoms with Crippen LogP contribution in [0.2, 0.25) is 0 Å². The van der Waals surface area contributed by atoms with Crippen LogP contribution in [0.5, 0.6) is 5.75 Å². The monoisotopic (exact) mass is 226 g/mol. The molecule has 5 nitrogen and oxygen atoms in total. The van der Waals surface area contributed by atoms with Gasteiger partial charge in [0.25, 0.3) is 0 Å². The first-order valence-electron chi connectivity index (χ1n) is 5.24. The van der Waals surface area contributed by atoms with Crippen molar-refractivity contribution in [2.24, 2.45) is 0 Å². The number of phenols is 1. The van der Waals surface area contributed by atoms with Gasteiger partial charge in [-0.3, -0.25) is 4.98 Å². The van der Waals surface area contributed by atoms with Gasteiger partial charge in [0, 0.05) is 6.20 Å². The van der Waals surface area contributed by atoms with Gasteiger partial charge in [-0.2, -0.15) is 0 Å². The van der Waals surface area contributed by atoms with E-state index in [0.29, 0.717) is 6.54 Å². The van der Waals surface area contributed by atoms with E-state index in [9.17, 15) is 5.11 Å². The Morgan fingerprint density at radius 1 is 1.24 bits per heavy atom. The summed E-state index contributed by atoms with van der Waals surface area (Å²) < 4.78 is 1.78. The molecule has 0 aliphatic heterocycles. The number of benzene rings is 1. The summed E-state index contributed by atoms with van der Waals surface area (Å²) in [6, 6.07) is 8.99. The standard InChI is InChI=1S/C12H10N4O/c17-10-3-1-2-9(6-10)8-16-12-4-5-13-7-11(12)14-15-16/h1-7,17H,8H2. The van der Waals surface area contributed by atoms with E-state index in [-0.39, 0.29) is 5.75 Å². The zero-order valence-electron chi connectivity index (χ0n) is 8.98. The predicted molar refractivity (Wildman–Crippen MR) is 62.5 cm³/mol. The first kappa shape index (κ1) is 9.77. The molecule has 0 saturated carbocycles. The largest absolute Gasteiger partial charge is 0.508 e. The molecule has 0 unspecified atom stereocenters. The van der Waals surface area contributed by atoms with E-state index in [2.05, 4.69) is 15.3 Å². The minimum atomic E-state index is 0.258. The zero-order chi connectivity index (χ0) is 11.7. The number of fused-ring (bicyclic) bond motifs is 1. The van der Waals surface area contributed by atoms with Gasteiger partial charge in [0.05, 0.1) is 18.3 Å². The molecule has 2 heterocycles. The van der Waals surface area contributed by atoms with Gasteiger partial charge in [-0.05, 0) is 23.8 Å². The number of hydrogen-bond donors (Lipinski definition) is 1. The molecule has 0 saturated heterocycles. The van der Waals surface area contributed by atoms with Gasteiger partial charge in [-0.15, -0.1) is 5.10 Å². The molecule has 0 atom stereocenters. The molecule has 2 aromatic heterocycles. The van der Waals surface area contributed by atoms with Crippen LogP contribution in [0.4, 0.5) is 0 Å². The Morgan fingerprint density at radius 2 is 2.18 bits per heavy atom. The number of hydrogen-bond acceptors (Lipinski definition) is 4. The first-order valence-corrected chi connectivity index (χ1v) is 5.24. The fourth-order valence-electron chi connectivity index (χ4n) is 1.77. The molecule has 3 aromatic rings. The van der Waals surface area contributed by atoms with Crippen LogP contribution in [-0.2, 0) is 6.54 Å². The van der Waals surface area contributed by atoms with Crippen molar-refractivity contribution in [2.75, 3.05) is 0 Å². The third kappa shape index (κ3) is 1.82. The van der Waals surface area contributed by atoms with Gasteiger partial charge in [-0.1, -0.05) is 17.3 Å². The summed E-state index contributed by atoms with van der Waals surface area (Å²) in [6.07, 6.45) is 3.39. The lowest BCUT2D eigenvalue weighted by Crippen LogP contribution is -2.01. The zero-order valence-corrected chi connectivity index (χ0v) is 8.98. The van der Waals surface area contributed by atoms with Crippen LogP contribution >= 0.6 is 0 Å². The predicted octanol–water partition coefficient (Wildman–Crippen LogP) is 1.58. The van der Waals surface area contributed by atoms with Crippen LogP contribution in [0.25, 0.3) is 11.0 Å². The number of aromatic nitrogens is 4. The maximum absolute atomic E-state index is 9.40. The Bertz CT molecular complexity index is 662. The normalized spacial score (nSPS) is 10.8. The number of phenolic OH excluding ortho intramolecular Hbond substituents is 1. The minimum Gasteiger partial charge on any atom is -0.508 e. The van der Waals surface area contributed by atoms with E-state index >= 15 is 0 Å². The molecule has 0 aliphatic rings. The third-order valence-corrected chi connectivity index (χ3v) is 2.56. The topological polar surface area (TPSA) is 63.8 Å². The maximum atomic E-state index is 9.40. The molecule has 17 heavy (non-hydrogen) atoms. The van der Waals surface area contributed by atoms with Gasteiger partial charge in [-0.25, -0.2) is 4.68 Å². The summed E-state index contributed by atoms with van der Waals surface area (Å²) in [5.74, 6) is 0.258. The van der Waals surface area contributed by atoms with Crippen LogP contribution in [0.3, 0.4) is 0 Å². The molecule has 1 aromatic carbocycles. The molecule has 0 fully saturated rings. The van der Waals surface area contributed by atoms with Crippen LogP contribution in [-0.4, -0.2) is 25.1 Å². The molecule has 0 spiro atoms. The second-order valence-electron chi connectivity index (χ2n) is 3.78. The van der Waals surface area contributed by atoms with Crippen molar-refractivity contribution < 1.29 is 5.11 Å². The molecular formula is C12H10N4O. The molecule has 0 bridgehead atoms. The van der Waals surface area contributed by atoms with Crippen LogP contribution in [0.1, 0.15) is 5.56 Å². The molecule has 3 rings (SSSR count). The van der Waals surface area contributed by atoms with Crippen molar-refractivity contribution in [3.05, 3.63) is 48.3 Å². The summed E-state index contributed by atoms with van der Waals surface area (Å²) in [7, 11) is 0. The van der Waals surface area contributed by atoms with Gasteiger partial charge in [0.2, 0.25) is 0 Å². The smallest absolute Gasteiger partial charge is 0.131 e. The average Bonchev–Trinajstić information content (AvgIpc) is 2.73. The molecule has 5 heteroatoms. The summed E-state index contributed by atoms with van der Waals surface area (Å²) in [5, 5.41) is 17.5. The average molecular weight is 226 g/mol. The minimum absolute atomic E-state index is 0.258. The molecule has 0 amide bonds. The SMILES string of the molecule is Oc1cccc(Cn2nnc3cnccc32)c1. The van der Waals surface area contributed by atoms with Crippen molar-refractivity contribution in [2.45, 2.75) is 6.54 Å². The third-order valence-electron chi connectivity index (χ3n) is 2.56. The number of rotatable bonds is 2. The molecule has 0 radical (unpaired) electrons. The number of pyridine rings is 1. The second-order valence-corrected chi connectivity index (χ2v) is 3.78. The summed E-state index contributed by atoms with van der Waals surface area (Å²) in [5.41, 5.74) is 2.68. The van der Waals surface area contributed by atoms with Gasteiger partial charge >= 0.3 is 0 Å². The van der Waals surface area contributed by atoms with E-state index in [1.807, 2.05) is 18.2 Å². The van der Waals surface area contributed by atoms with Crippen molar-refractivity contribution in [1.29, 1.82) is 0 Å². The van der Waals surface area contributed by atoms with Crippen molar-refractivity contribution in [1.82, 2.24) is 20.0 Å². The Kier molecular flexibility index (Phi) is 2.22. The van der Waals surface area contributed by atoms with E-state index in [0.717, 1.165) is 16.6 Å². The van der Waals surface area contributed by atoms with E-state index in [1.165, 1.54) is 0 Å². The highest BCUT2D eigenvalue weighted by Gasteiger charge is 2.04. The van der Waals surface area contributed by atoms with Crippen LogP contribution in [0, 0.1) is 0 Å². The second kappa shape index (κ2) is 3.86. The maximum Gasteiger partial charge on any atom is 0.131 e. The van der Waals surface area contributed by atoms with Crippen molar-refractivity contribution in [3.63, 3.8) is 0 Å². The van der Waals surface area contributed by atoms with Crippen molar-refractivity contribution >= 4 is 11.0 Å². The van der Waals surface area contributed by atoms with E-state index in [1.54, 1.807) is 29.2 Å². The Morgan fingerprint density at radius 3 is 3.06 bits per heavy atom. The van der Waals surface area contributed by atoms with E-state index < -0.39 is 0 Å². The summed E-state index contributed by atoms with van der Waals surface area (Å²) in [4.78, 5) is 3.99. The fourth-order valence-corrected chi connectivity index (χ4v) is 1.77. The fraction of sp³-hybridized carbons (Fsp3) is 0.0833. The molecule has 84 valence electrons. The van der Waals surface area contributed by atoms with Crippen LogP contribution < -0.4 is 0 Å². The number of nitrogens with zero attached hydrogens (tertiary/aromatic N) is 4. The highest BCUT2D eigenvalue weighted by Crippen LogP contribution is 2.14. The summed E-state index contributed by atoms with van der Waals surface area (Å²) >= 11 is 0. The highest BCUT2D eigenvalue weighted by atomic mass is 16.3. The highest BCUT2D eigenvalue weighted by molar-refractivity contribution is 5.72. The van der Waals surface area contributed by atoms with Gasteiger partial charge in [0.1, 0.15) is 11.3 Å². The van der Waals surface area contributed by atoms with Gasteiger partial charge in [0.15, 0.2) is 0 Å². The Balaban J connectivity index is 2.00. The lowest BCUT2D eigenvalue weighted by atomic mass is 10.2. The lowest BCUT2D eigenvalue weighted by molar-refractivity contribution is 0.474. The lowest BCUT2D eigenvalue weighted by Gasteiger charge is -2.02. The first-order chi connectivity index (χ1) is 8.33. The van der Waals surface area contributed by atoms with Gasteiger partial charge < -0.3 is 5.11 Å². The van der Waals surface area contributed by atoms with Crippen molar-refractivity contribution in [3.8, 4) is 5.75 Å². The quantitative estimate of drug-likeness (QED) is 0.720. The van der Waals surface area contributed by atoms with Crippen LogP contribution in [0.15, 0.2) is 42.7 Å². The molecule has 0 aliphatic carbocycles. The molecular weight excluding hydrogens is 216 g/mol. The summed E-state index contributed by atoms with van der Waals surface area (Å²) in [6.45, 7) is 0.578. The Labute approximate surface area is 97.3 Å².